The summed E-state index contributed by atoms with van der Waals surface area (Å²) in [6.45, 7) is 2.46. The van der Waals surface area contributed by atoms with Gasteiger partial charge >= 0.3 is 0 Å². The summed E-state index contributed by atoms with van der Waals surface area (Å²) in [5, 5.41) is 4.02. The second kappa shape index (κ2) is 7.37. The maximum Gasteiger partial charge on any atom is 0.255 e. The van der Waals surface area contributed by atoms with Crippen molar-refractivity contribution in [3.05, 3.63) is 81.5 Å². The predicted molar refractivity (Wildman–Crippen MR) is 111 cm³/mol. The minimum atomic E-state index is -0.274. The monoisotopic (exact) mass is 393 g/mol. The van der Waals surface area contributed by atoms with Gasteiger partial charge in [-0.15, -0.1) is 0 Å². The van der Waals surface area contributed by atoms with Crippen LogP contribution in [0.1, 0.15) is 17.3 Å². The molecule has 5 nitrogen and oxygen atoms in total. The standard InChI is InChI=1S/C22H16ClNO4/c1-2-27-15-9-6-13(7-10-15)22(26)24-14-8-11-16-19(12-14)28-21-17(20(16)25)4-3-5-18(21)23/h3-12H,2H2,1H3,(H,24,26). The van der Waals surface area contributed by atoms with E-state index in [4.69, 9.17) is 20.8 Å². The molecule has 0 fully saturated rings. The molecule has 0 aliphatic heterocycles. The Hall–Kier alpha value is -3.31. The van der Waals surface area contributed by atoms with Gasteiger partial charge in [0.05, 0.1) is 22.4 Å². The fraction of sp³-hybridized carbons (Fsp3) is 0.0909. The van der Waals surface area contributed by atoms with Gasteiger partial charge in [-0.25, -0.2) is 0 Å². The summed E-state index contributed by atoms with van der Waals surface area (Å²) in [5.74, 6) is 0.429. The number of nitrogens with one attached hydrogen (secondary N) is 1. The van der Waals surface area contributed by atoms with E-state index >= 15 is 0 Å². The number of amides is 1. The number of carbonyl (C=O) groups is 1. The second-order valence-electron chi connectivity index (χ2n) is 6.17. The third-order valence-corrected chi connectivity index (χ3v) is 4.63. The number of ether oxygens (including phenoxy) is 1. The van der Waals surface area contributed by atoms with Gasteiger partial charge in [0.25, 0.3) is 5.91 Å². The van der Waals surface area contributed by atoms with Crippen LogP contribution in [0.2, 0.25) is 5.02 Å². The molecule has 1 aromatic heterocycles. The smallest absolute Gasteiger partial charge is 0.255 e. The van der Waals surface area contributed by atoms with E-state index in [1.165, 1.54) is 0 Å². The van der Waals surface area contributed by atoms with Crippen LogP contribution in [-0.4, -0.2) is 12.5 Å². The SMILES string of the molecule is CCOc1ccc(C(=O)Nc2ccc3c(=O)c4cccc(Cl)c4oc3c2)cc1. The average molecular weight is 394 g/mol. The van der Waals surface area contributed by atoms with Crippen LogP contribution < -0.4 is 15.5 Å². The zero-order valence-electron chi connectivity index (χ0n) is 15.0. The molecule has 0 saturated carbocycles. The lowest BCUT2D eigenvalue weighted by molar-refractivity contribution is 0.102. The minimum Gasteiger partial charge on any atom is -0.494 e. The maximum absolute atomic E-state index is 12.7. The zero-order chi connectivity index (χ0) is 19.7. The van der Waals surface area contributed by atoms with Gasteiger partial charge in [0.2, 0.25) is 5.43 Å². The fourth-order valence-corrected chi connectivity index (χ4v) is 3.20. The predicted octanol–water partition coefficient (Wildman–Crippen LogP) is 5.25. The first kappa shape index (κ1) is 18.1. The third-order valence-electron chi connectivity index (χ3n) is 4.34. The number of hydrogen-bond donors (Lipinski definition) is 1. The first-order valence-corrected chi connectivity index (χ1v) is 9.14. The van der Waals surface area contributed by atoms with Gasteiger partial charge in [0.1, 0.15) is 11.3 Å². The van der Waals surface area contributed by atoms with Crippen LogP contribution in [0.25, 0.3) is 21.9 Å². The van der Waals surface area contributed by atoms with E-state index in [0.29, 0.717) is 50.6 Å². The van der Waals surface area contributed by atoms with E-state index < -0.39 is 0 Å². The van der Waals surface area contributed by atoms with Gasteiger partial charge in [-0.05, 0) is 55.5 Å². The van der Waals surface area contributed by atoms with Crippen molar-refractivity contribution >= 4 is 45.1 Å². The molecule has 0 unspecified atom stereocenters. The van der Waals surface area contributed by atoms with Crippen LogP contribution in [0.5, 0.6) is 5.75 Å². The quantitative estimate of drug-likeness (QED) is 0.481. The largest absolute Gasteiger partial charge is 0.494 e. The first-order valence-electron chi connectivity index (χ1n) is 8.76. The van der Waals surface area contributed by atoms with Crippen LogP contribution in [0.15, 0.2) is 69.9 Å². The molecule has 0 bridgehead atoms. The molecule has 0 aliphatic carbocycles. The van der Waals surface area contributed by atoms with Gasteiger partial charge in [0.15, 0.2) is 5.58 Å². The maximum atomic E-state index is 12.7. The molecule has 0 aliphatic rings. The summed E-state index contributed by atoms with van der Waals surface area (Å²) in [4.78, 5) is 25.1. The fourth-order valence-electron chi connectivity index (χ4n) is 2.99. The Bertz CT molecular complexity index is 1250. The molecule has 4 aromatic rings. The summed E-state index contributed by atoms with van der Waals surface area (Å²) in [6, 6.07) is 16.8. The van der Waals surface area contributed by atoms with E-state index in [-0.39, 0.29) is 11.3 Å². The minimum absolute atomic E-state index is 0.164. The summed E-state index contributed by atoms with van der Waals surface area (Å²) in [7, 11) is 0. The summed E-state index contributed by atoms with van der Waals surface area (Å²) in [6.07, 6.45) is 0. The van der Waals surface area contributed by atoms with Crippen molar-refractivity contribution in [1.29, 1.82) is 0 Å². The van der Waals surface area contributed by atoms with Crippen molar-refractivity contribution in [2.45, 2.75) is 6.92 Å². The molecule has 0 atom stereocenters. The number of para-hydroxylation sites is 1. The number of anilines is 1. The molecule has 0 spiro atoms. The highest BCUT2D eigenvalue weighted by molar-refractivity contribution is 6.34. The van der Waals surface area contributed by atoms with E-state index in [1.807, 2.05) is 6.92 Å². The summed E-state index contributed by atoms with van der Waals surface area (Å²) >= 11 is 6.16. The van der Waals surface area contributed by atoms with Crippen LogP contribution in [0.4, 0.5) is 5.69 Å². The van der Waals surface area contributed by atoms with E-state index in [2.05, 4.69) is 5.32 Å². The summed E-state index contributed by atoms with van der Waals surface area (Å²) < 4.78 is 11.2. The number of halogens is 1. The Morgan fingerprint density at radius 1 is 1.07 bits per heavy atom. The number of fused-ring (bicyclic) bond motifs is 2. The molecule has 4 rings (SSSR count). The van der Waals surface area contributed by atoms with Crippen molar-refractivity contribution in [1.82, 2.24) is 0 Å². The zero-order valence-corrected chi connectivity index (χ0v) is 15.7. The first-order chi connectivity index (χ1) is 13.6. The highest BCUT2D eigenvalue weighted by Gasteiger charge is 2.12. The Morgan fingerprint density at radius 2 is 1.86 bits per heavy atom. The van der Waals surface area contributed by atoms with Gasteiger partial charge in [-0.3, -0.25) is 9.59 Å². The number of hydrogen-bond acceptors (Lipinski definition) is 4. The molecule has 6 heteroatoms. The number of benzene rings is 3. The molecule has 0 radical (unpaired) electrons. The van der Waals surface area contributed by atoms with Crippen molar-refractivity contribution in [3.8, 4) is 5.75 Å². The van der Waals surface area contributed by atoms with Crippen LogP contribution >= 0.6 is 11.6 Å². The molecule has 1 N–H and O–H groups in total. The van der Waals surface area contributed by atoms with Crippen molar-refractivity contribution in [2.75, 3.05) is 11.9 Å². The lowest BCUT2D eigenvalue weighted by atomic mass is 10.1. The molecule has 1 heterocycles. The highest BCUT2D eigenvalue weighted by Crippen LogP contribution is 2.26. The van der Waals surface area contributed by atoms with E-state index in [1.54, 1.807) is 60.7 Å². The van der Waals surface area contributed by atoms with Crippen molar-refractivity contribution in [2.24, 2.45) is 0 Å². The highest BCUT2D eigenvalue weighted by atomic mass is 35.5. The molecule has 140 valence electrons. The van der Waals surface area contributed by atoms with Gasteiger partial charge < -0.3 is 14.5 Å². The lowest BCUT2D eigenvalue weighted by Crippen LogP contribution is -2.12. The van der Waals surface area contributed by atoms with Gasteiger partial charge in [-0.1, -0.05) is 17.7 Å². The molecule has 1 amide bonds. The summed E-state index contributed by atoms with van der Waals surface area (Å²) in [5.41, 5.74) is 1.53. The molecular formula is C22H16ClNO4. The normalized spacial score (nSPS) is 10.9. The van der Waals surface area contributed by atoms with Crippen molar-refractivity contribution < 1.29 is 13.9 Å². The van der Waals surface area contributed by atoms with Crippen LogP contribution in [-0.2, 0) is 0 Å². The Kier molecular flexibility index (Phi) is 4.75. The number of rotatable bonds is 4. The molecule has 0 saturated heterocycles. The number of carbonyl (C=O) groups excluding carboxylic acids is 1. The molecular weight excluding hydrogens is 378 g/mol. The van der Waals surface area contributed by atoms with Gasteiger partial charge in [-0.2, -0.15) is 0 Å². The molecule has 3 aromatic carbocycles. The molecule has 28 heavy (non-hydrogen) atoms. The average Bonchev–Trinajstić information content (AvgIpc) is 2.70. The topological polar surface area (TPSA) is 68.5 Å². The Balaban J connectivity index is 1.67. The lowest BCUT2D eigenvalue weighted by Gasteiger charge is -2.08. The second-order valence-corrected chi connectivity index (χ2v) is 6.58. The van der Waals surface area contributed by atoms with Gasteiger partial charge in [0, 0.05) is 17.3 Å². The van der Waals surface area contributed by atoms with Crippen molar-refractivity contribution in [3.63, 3.8) is 0 Å². The van der Waals surface area contributed by atoms with E-state index in [9.17, 15) is 9.59 Å². The van der Waals surface area contributed by atoms with Crippen LogP contribution in [0.3, 0.4) is 0 Å². The third kappa shape index (κ3) is 3.32. The Labute approximate surface area is 165 Å². The Morgan fingerprint density at radius 3 is 2.61 bits per heavy atom. The van der Waals surface area contributed by atoms with Crippen LogP contribution in [0, 0.1) is 0 Å². The van der Waals surface area contributed by atoms with E-state index in [0.717, 1.165) is 0 Å².